The number of rotatable bonds is 13. The van der Waals surface area contributed by atoms with Gasteiger partial charge in [-0.25, -0.2) is 23.4 Å². The Bertz CT molecular complexity index is 1890. The molecule has 14 nitrogen and oxygen atoms in total. The van der Waals surface area contributed by atoms with Crippen molar-refractivity contribution in [2.75, 3.05) is 19.0 Å². The van der Waals surface area contributed by atoms with Gasteiger partial charge in [0.05, 0.1) is 43.2 Å². The number of hydrogen-bond acceptors (Lipinski definition) is 11. The number of likely N-dealkylation sites (tertiary alicyclic amines) is 1. The first-order valence-corrected chi connectivity index (χ1v) is 17.9. The maximum Gasteiger partial charge on any atom is 0.259 e. The molecule has 1 aromatic carbocycles. The SMILES string of the molecule is C=C[C@@H]1C[C@]1(NC(=O)[C@@H]1C[C@@H](Oc2ncc(OC)c3ccc(Cl)cc23)CN1C(=O)[C@H](Nc1cncnc1)C(C)C)C(=O)NS(=O)(=O)C1CC1. The summed E-state index contributed by atoms with van der Waals surface area (Å²) in [7, 11) is -2.34. The molecule has 2 saturated carbocycles. The van der Waals surface area contributed by atoms with Crippen molar-refractivity contribution in [1.29, 1.82) is 0 Å². The zero-order chi connectivity index (χ0) is 35.1. The highest BCUT2D eigenvalue weighted by Gasteiger charge is 2.62. The van der Waals surface area contributed by atoms with Gasteiger partial charge in [-0.2, -0.15) is 0 Å². The molecular weight excluding hydrogens is 674 g/mol. The molecule has 5 atom stereocenters. The van der Waals surface area contributed by atoms with Gasteiger partial charge in [0.15, 0.2) is 0 Å². The molecule has 3 heterocycles. The van der Waals surface area contributed by atoms with Crippen LogP contribution in [0.1, 0.15) is 39.5 Å². The number of amides is 3. The van der Waals surface area contributed by atoms with E-state index in [2.05, 4.69) is 36.9 Å². The van der Waals surface area contributed by atoms with Crippen molar-refractivity contribution in [3.63, 3.8) is 0 Å². The molecule has 1 aliphatic heterocycles. The quantitative estimate of drug-likeness (QED) is 0.222. The van der Waals surface area contributed by atoms with Crippen molar-refractivity contribution in [2.24, 2.45) is 11.8 Å². The van der Waals surface area contributed by atoms with Crippen molar-refractivity contribution in [1.82, 2.24) is 29.9 Å². The standard InChI is InChI=1S/C33H38ClN7O7S/c1-5-19-12-33(19,32(44)40-49(45,46)23-7-8-23)39-29(42)26-11-22(48-30-25-10-20(34)6-9-24(25)27(47-4)15-37-30)16-41(26)31(43)28(18(2)3)38-21-13-35-17-36-14-21/h5-6,9-10,13-15,17-19,22-23,26,28,38H,1,7-8,11-12,16H2,2-4H3,(H,39,42)(H,40,44)/t19-,22-,26+,28-,33-/m1/s1. The number of nitrogens with zero attached hydrogens (tertiary/aromatic N) is 4. The summed E-state index contributed by atoms with van der Waals surface area (Å²) in [5, 5.41) is 7.12. The highest BCUT2D eigenvalue weighted by Crippen LogP contribution is 2.45. The molecule has 260 valence electrons. The summed E-state index contributed by atoms with van der Waals surface area (Å²) in [4.78, 5) is 55.8. The van der Waals surface area contributed by atoms with Gasteiger partial charge in [-0.1, -0.05) is 31.5 Å². The number of aromatic nitrogens is 3. The molecule has 0 bridgehead atoms. The van der Waals surface area contributed by atoms with Crippen molar-refractivity contribution in [3.8, 4) is 11.6 Å². The number of methoxy groups -OCH3 is 1. The summed E-state index contributed by atoms with van der Waals surface area (Å²) in [6.45, 7) is 7.52. The lowest BCUT2D eigenvalue weighted by Gasteiger charge is -2.31. The Labute approximate surface area is 289 Å². The second-order valence-corrected chi connectivity index (χ2v) is 15.4. The largest absolute Gasteiger partial charge is 0.494 e. The number of sulfonamides is 1. The van der Waals surface area contributed by atoms with Crippen molar-refractivity contribution in [2.45, 2.75) is 68.5 Å². The van der Waals surface area contributed by atoms with Crippen molar-refractivity contribution < 1.29 is 32.3 Å². The lowest BCUT2D eigenvalue weighted by Crippen LogP contribution is -2.58. The van der Waals surface area contributed by atoms with Crippen LogP contribution in [0.2, 0.25) is 5.02 Å². The molecule has 2 aliphatic carbocycles. The average Bonchev–Trinajstić information content (AvgIpc) is 4.00. The van der Waals surface area contributed by atoms with Gasteiger partial charge in [-0.05, 0) is 43.4 Å². The predicted molar refractivity (Wildman–Crippen MR) is 181 cm³/mol. The Morgan fingerprint density at radius 3 is 2.51 bits per heavy atom. The van der Waals surface area contributed by atoms with Crippen LogP contribution in [0.5, 0.6) is 11.6 Å². The smallest absolute Gasteiger partial charge is 0.259 e. The van der Waals surface area contributed by atoms with E-state index < -0.39 is 56.7 Å². The maximum absolute atomic E-state index is 14.3. The first-order valence-electron chi connectivity index (χ1n) is 16.0. The van der Waals surface area contributed by atoms with Crippen LogP contribution in [0.3, 0.4) is 0 Å². The zero-order valence-electron chi connectivity index (χ0n) is 27.3. The third kappa shape index (κ3) is 6.99. The summed E-state index contributed by atoms with van der Waals surface area (Å²) in [6, 6.07) is 3.36. The topological polar surface area (TPSA) is 182 Å². The first-order chi connectivity index (χ1) is 23.4. The molecule has 6 rings (SSSR count). The molecule has 3 fully saturated rings. The molecule has 49 heavy (non-hydrogen) atoms. The predicted octanol–water partition coefficient (Wildman–Crippen LogP) is 2.84. The molecule has 16 heteroatoms. The Hall–Kier alpha value is -4.50. The van der Waals surface area contributed by atoms with Gasteiger partial charge in [0.25, 0.3) is 5.91 Å². The number of fused-ring (bicyclic) bond motifs is 1. The third-order valence-corrected chi connectivity index (χ3v) is 11.2. The van der Waals surface area contributed by atoms with Gasteiger partial charge >= 0.3 is 0 Å². The minimum Gasteiger partial charge on any atom is -0.494 e. The van der Waals surface area contributed by atoms with Crippen molar-refractivity contribution >= 4 is 55.8 Å². The normalized spacial score (nSPS) is 23.9. The van der Waals surface area contributed by atoms with E-state index in [1.807, 2.05) is 13.8 Å². The highest BCUT2D eigenvalue weighted by atomic mass is 35.5. The summed E-state index contributed by atoms with van der Waals surface area (Å²) in [5.74, 6) is -1.78. The summed E-state index contributed by atoms with van der Waals surface area (Å²) in [5.41, 5.74) is -0.997. The lowest BCUT2D eigenvalue weighted by molar-refractivity contribution is -0.140. The Morgan fingerprint density at radius 2 is 1.88 bits per heavy atom. The van der Waals surface area contributed by atoms with Gasteiger partial charge < -0.3 is 25.0 Å². The van der Waals surface area contributed by atoms with Gasteiger partial charge in [-0.15, -0.1) is 6.58 Å². The van der Waals surface area contributed by atoms with Crippen LogP contribution in [0, 0.1) is 11.8 Å². The monoisotopic (exact) mass is 711 g/mol. The molecular formula is C33H38ClN7O7S. The van der Waals surface area contributed by atoms with E-state index in [9.17, 15) is 22.8 Å². The summed E-state index contributed by atoms with van der Waals surface area (Å²) in [6.07, 6.45) is 7.98. The first kappa shape index (κ1) is 34.4. The van der Waals surface area contributed by atoms with E-state index in [1.165, 1.54) is 30.6 Å². The Kier molecular flexibility index (Phi) is 9.42. The summed E-state index contributed by atoms with van der Waals surface area (Å²) < 4.78 is 39.3. The number of nitrogens with one attached hydrogen (secondary N) is 3. The number of hydrogen-bond donors (Lipinski definition) is 3. The fraction of sp³-hybridized carbons (Fsp3) is 0.455. The van der Waals surface area contributed by atoms with E-state index in [4.69, 9.17) is 21.1 Å². The zero-order valence-corrected chi connectivity index (χ0v) is 28.8. The molecule has 2 aromatic heterocycles. The lowest BCUT2D eigenvalue weighted by atomic mass is 10.0. The highest BCUT2D eigenvalue weighted by molar-refractivity contribution is 7.91. The molecule has 3 aliphatic rings. The molecule has 3 N–H and O–H groups in total. The van der Waals surface area contributed by atoms with Crippen LogP contribution < -0.4 is 24.8 Å². The third-order valence-electron chi connectivity index (χ3n) is 9.19. The molecule has 0 unspecified atom stereocenters. The van der Waals surface area contributed by atoms with Gasteiger partial charge in [-0.3, -0.25) is 19.1 Å². The fourth-order valence-electron chi connectivity index (χ4n) is 6.22. The average molecular weight is 712 g/mol. The Balaban J connectivity index is 1.29. The summed E-state index contributed by atoms with van der Waals surface area (Å²) >= 11 is 6.32. The molecule has 1 saturated heterocycles. The molecule has 0 spiro atoms. The van der Waals surface area contributed by atoms with E-state index in [0.717, 1.165) is 0 Å². The van der Waals surface area contributed by atoms with Crippen LogP contribution in [0.25, 0.3) is 10.8 Å². The molecule has 3 aromatic rings. The number of halogens is 1. The minimum absolute atomic E-state index is 0.0169. The van der Waals surface area contributed by atoms with Crippen molar-refractivity contribution in [3.05, 3.63) is 60.8 Å². The van der Waals surface area contributed by atoms with Gasteiger partial charge in [0, 0.05) is 28.1 Å². The number of pyridine rings is 1. The molecule has 0 radical (unpaired) electrons. The minimum atomic E-state index is -3.87. The number of ether oxygens (including phenoxy) is 2. The van der Waals surface area contributed by atoms with E-state index in [1.54, 1.807) is 30.6 Å². The van der Waals surface area contributed by atoms with Crippen LogP contribution in [0.15, 0.2) is 55.8 Å². The Morgan fingerprint density at radius 1 is 1.14 bits per heavy atom. The molecule has 3 amide bonds. The second-order valence-electron chi connectivity index (χ2n) is 13.0. The fourth-order valence-corrected chi connectivity index (χ4v) is 7.75. The number of carbonyl (C=O) groups is 3. The number of benzene rings is 1. The van der Waals surface area contributed by atoms with Crippen LogP contribution in [-0.4, -0.2) is 88.6 Å². The van der Waals surface area contributed by atoms with Crippen LogP contribution in [-0.2, 0) is 24.4 Å². The number of carbonyl (C=O) groups excluding carboxylic acids is 3. The maximum atomic E-state index is 14.3. The van der Waals surface area contributed by atoms with E-state index in [0.29, 0.717) is 40.1 Å². The van der Waals surface area contributed by atoms with Crippen LogP contribution >= 0.6 is 11.6 Å². The number of anilines is 1. The van der Waals surface area contributed by atoms with Gasteiger partial charge in [0.2, 0.25) is 27.7 Å². The second kappa shape index (κ2) is 13.4. The van der Waals surface area contributed by atoms with Crippen LogP contribution in [0.4, 0.5) is 5.69 Å². The van der Waals surface area contributed by atoms with Gasteiger partial charge in [0.1, 0.15) is 35.8 Å². The van der Waals surface area contributed by atoms with E-state index in [-0.39, 0.29) is 37.1 Å². The van der Waals surface area contributed by atoms with E-state index >= 15 is 0 Å².